The van der Waals surface area contributed by atoms with Crippen molar-refractivity contribution in [2.24, 2.45) is 5.92 Å². The topological polar surface area (TPSA) is 89.8 Å². The number of nitrogens with zero attached hydrogens (tertiary/aromatic N) is 5. The lowest BCUT2D eigenvalue weighted by Gasteiger charge is -2.38. The SMILES string of the molecule is CC(C)(C)OC(=O)N(C[C@H]1C[C@H](n2cc(-c3cccc(N4CCCC4)n3)c(C3CC3)n2)C1)C(=O)OC(C)(C)C. The van der Waals surface area contributed by atoms with Crippen LogP contribution in [-0.4, -0.2) is 62.7 Å². The number of imide groups is 1. The minimum absolute atomic E-state index is 0.156. The maximum absolute atomic E-state index is 12.9. The second-order valence-corrected chi connectivity index (χ2v) is 13.3. The molecule has 0 N–H and O–H groups in total. The van der Waals surface area contributed by atoms with Crippen LogP contribution in [0.4, 0.5) is 15.4 Å². The molecule has 3 heterocycles. The molecule has 2 aliphatic carbocycles. The van der Waals surface area contributed by atoms with Crippen LogP contribution in [0.2, 0.25) is 0 Å². The summed E-state index contributed by atoms with van der Waals surface area (Å²) in [7, 11) is 0. The van der Waals surface area contributed by atoms with E-state index in [9.17, 15) is 9.59 Å². The Kier molecular flexibility index (Phi) is 7.37. The van der Waals surface area contributed by atoms with Gasteiger partial charge in [0.15, 0.2) is 0 Å². The summed E-state index contributed by atoms with van der Waals surface area (Å²) in [4.78, 5) is 34.3. The Balaban J connectivity index is 1.28. The molecule has 0 unspecified atom stereocenters. The van der Waals surface area contributed by atoms with E-state index in [4.69, 9.17) is 19.6 Å². The van der Waals surface area contributed by atoms with Crippen molar-refractivity contribution < 1.29 is 19.1 Å². The maximum Gasteiger partial charge on any atom is 0.419 e. The first-order chi connectivity index (χ1) is 18.4. The van der Waals surface area contributed by atoms with Gasteiger partial charge in [0.25, 0.3) is 0 Å². The Bertz CT molecular complexity index is 1170. The van der Waals surface area contributed by atoms with Crippen molar-refractivity contribution in [2.45, 2.75) is 103 Å². The Labute approximate surface area is 231 Å². The number of hydrogen-bond acceptors (Lipinski definition) is 7. The first-order valence-corrected chi connectivity index (χ1v) is 14.4. The van der Waals surface area contributed by atoms with Crippen LogP contribution in [0.15, 0.2) is 24.4 Å². The average molecular weight is 538 g/mol. The molecule has 2 aromatic heterocycles. The molecule has 0 spiro atoms. The zero-order chi connectivity index (χ0) is 27.9. The first kappa shape index (κ1) is 27.5. The van der Waals surface area contributed by atoms with E-state index in [2.05, 4.69) is 34.0 Å². The van der Waals surface area contributed by atoms with Gasteiger partial charge in [0.1, 0.15) is 17.0 Å². The van der Waals surface area contributed by atoms with E-state index in [0.29, 0.717) is 5.92 Å². The van der Waals surface area contributed by atoms with Crippen molar-refractivity contribution >= 4 is 18.0 Å². The molecule has 9 heteroatoms. The molecule has 1 aliphatic heterocycles. The molecule has 0 bridgehead atoms. The third-order valence-electron chi connectivity index (χ3n) is 7.42. The number of anilines is 1. The van der Waals surface area contributed by atoms with Gasteiger partial charge in [-0.15, -0.1) is 0 Å². The van der Waals surface area contributed by atoms with Crippen LogP contribution in [0.3, 0.4) is 0 Å². The number of amides is 2. The molecular weight excluding hydrogens is 494 g/mol. The molecule has 0 atom stereocenters. The third kappa shape index (κ3) is 6.73. The largest absolute Gasteiger partial charge is 0.443 e. The van der Waals surface area contributed by atoms with Crippen LogP contribution in [0, 0.1) is 5.92 Å². The summed E-state index contributed by atoms with van der Waals surface area (Å²) in [6.07, 6.45) is 7.27. The summed E-state index contributed by atoms with van der Waals surface area (Å²) in [6.45, 7) is 13.2. The van der Waals surface area contributed by atoms with Gasteiger partial charge >= 0.3 is 12.2 Å². The highest BCUT2D eigenvalue weighted by molar-refractivity contribution is 5.88. The minimum Gasteiger partial charge on any atom is -0.443 e. The van der Waals surface area contributed by atoms with E-state index < -0.39 is 23.4 Å². The fraction of sp³-hybridized carbons (Fsp3) is 0.667. The molecule has 0 aromatic carbocycles. The molecule has 212 valence electrons. The number of carbonyl (C=O) groups excluding carboxylic acids is 2. The highest BCUT2D eigenvalue weighted by atomic mass is 16.6. The number of pyridine rings is 1. The maximum atomic E-state index is 12.9. The number of rotatable bonds is 6. The van der Waals surface area contributed by atoms with Gasteiger partial charge in [-0.2, -0.15) is 5.10 Å². The van der Waals surface area contributed by atoms with E-state index >= 15 is 0 Å². The summed E-state index contributed by atoms with van der Waals surface area (Å²) in [5.41, 5.74) is 1.86. The Morgan fingerprint density at radius 1 is 0.974 bits per heavy atom. The van der Waals surface area contributed by atoms with E-state index in [-0.39, 0.29) is 18.5 Å². The number of carbonyl (C=O) groups is 2. The minimum atomic E-state index is -0.704. The van der Waals surface area contributed by atoms with E-state index in [1.165, 1.54) is 25.7 Å². The molecule has 5 rings (SSSR count). The van der Waals surface area contributed by atoms with Crippen LogP contribution < -0.4 is 4.90 Å². The average Bonchev–Trinajstić information content (AvgIpc) is 3.32. The molecule has 2 saturated carbocycles. The predicted octanol–water partition coefficient (Wildman–Crippen LogP) is 6.55. The van der Waals surface area contributed by atoms with Crippen molar-refractivity contribution in [1.29, 1.82) is 0 Å². The quantitative estimate of drug-likeness (QED) is 0.413. The molecule has 1 saturated heterocycles. The third-order valence-corrected chi connectivity index (χ3v) is 7.42. The smallest absolute Gasteiger partial charge is 0.419 e. The fourth-order valence-corrected chi connectivity index (χ4v) is 5.33. The van der Waals surface area contributed by atoms with Gasteiger partial charge in [-0.1, -0.05) is 6.07 Å². The number of aromatic nitrogens is 3. The lowest BCUT2D eigenvalue weighted by molar-refractivity contribution is -0.00641. The van der Waals surface area contributed by atoms with Crippen LogP contribution in [-0.2, 0) is 9.47 Å². The Morgan fingerprint density at radius 3 is 2.15 bits per heavy atom. The van der Waals surface area contributed by atoms with Gasteiger partial charge in [-0.25, -0.2) is 19.5 Å². The molecule has 9 nitrogen and oxygen atoms in total. The van der Waals surface area contributed by atoms with Gasteiger partial charge < -0.3 is 14.4 Å². The standard InChI is InChI=1S/C30H43N5O4/c1-29(2,3)38-27(36)34(28(37)39-30(4,5)6)18-20-16-22(17-20)35-19-23(26(32-35)21-12-13-21)24-10-9-11-25(31-24)33-14-7-8-15-33/h9-11,19-22H,7-8,12-18H2,1-6H3/t20-,22-. The highest BCUT2D eigenvalue weighted by Gasteiger charge is 2.39. The van der Waals surface area contributed by atoms with Crippen molar-refractivity contribution in [3.05, 3.63) is 30.1 Å². The van der Waals surface area contributed by atoms with E-state index in [0.717, 1.165) is 53.6 Å². The Morgan fingerprint density at radius 2 is 1.59 bits per heavy atom. The second kappa shape index (κ2) is 10.5. The molecule has 3 fully saturated rings. The van der Waals surface area contributed by atoms with Crippen LogP contribution in [0.25, 0.3) is 11.3 Å². The monoisotopic (exact) mass is 537 g/mol. The van der Waals surface area contributed by atoms with Crippen LogP contribution >= 0.6 is 0 Å². The van der Waals surface area contributed by atoms with Crippen LogP contribution in [0.5, 0.6) is 0 Å². The summed E-state index contributed by atoms with van der Waals surface area (Å²) >= 11 is 0. The van der Waals surface area contributed by atoms with Gasteiger partial charge in [-0.05, 0) is 98.1 Å². The van der Waals surface area contributed by atoms with E-state index in [1.807, 2.05) is 0 Å². The van der Waals surface area contributed by atoms with Crippen molar-refractivity contribution in [3.63, 3.8) is 0 Å². The molecule has 0 radical (unpaired) electrons. The molecule has 2 amide bonds. The summed E-state index contributed by atoms with van der Waals surface area (Å²) in [5.74, 6) is 1.71. The normalized spacial score (nSPS) is 21.4. The highest BCUT2D eigenvalue weighted by Crippen LogP contribution is 2.46. The van der Waals surface area contributed by atoms with Crippen molar-refractivity contribution in [3.8, 4) is 11.3 Å². The summed E-state index contributed by atoms with van der Waals surface area (Å²) in [5, 5.41) is 5.04. The second-order valence-electron chi connectivity index (χ2n) is 13.3. The molecular formula is C30H43N5O4. The van der Waals surface area contributed by atoms with Crippen molar-refractivity contribution in [1.82, 2.24) is 19.7 Å². The van der Waals surface area contributed by atoms with Gasteiger partial charge in [0, 0.05) is 37.3 Å². The number of hydrogen-bond donors (Lipinski definition) is 0. The zero-order valence-electron chi connectivity index (χ0n) is 24.3. The van der Waals surface area contributed by atoms with Gasteiger partial charge in [0.05, 0.1) is 17.4 Å². The molecule has 3 aliphatic rings. The molecule has 2 aromatic rings. The lowest BCUT2D eigenvalue weighted by Crippen LogP contribution is -2.47. The number of ether oxygens (including phenoxy) is 2. The predicted molar refractivity (Wildman–Crippen MR) is 150 cm³/mol. The van der Waals surface area contributed by atoms with E-state index in [1.54, 1.807) is 41.5 Å². The van der Waals surface area contributed by atoms with Crippen LogP contribution in [0.1, 0.15) is 97.7 Å². The summed E-state index contributed by atoms with van der Waals surface area (Å²) < 4.78 is 13.1. The van der Waals surface area contributed by atoms with Crippen molar-refractivity contribution in [2.75, 3.05) is 24.5 Å². The van der Waals surface area contributed by atoms with Gasteiger partial charge in [-0.3, -0.25) is 4.68 Å². The summed E-state index contributed by atoms with van der Waals surface area (Å²) in [6, 6.07) is 6.52. The lowest BCUT2D eigenvalue weighted by atomic mass is 9.80. The van der Waals surface area contributed by atoms with Gasteiger partial charge in [0.2, 0.25) is 0 Å². The molecule has 39 heavy (non-hydrogen) atoms. The first-order valence-electron chi connectivity index (χ1n) is 14.4. The zero-order valence-corrected chi connectivity index (χ0v) is 24.3. The fourth-order valence-electron chi connectivity index (χ4n) is 5.33. The Hall–Kier alpha value is -3.10.